The third-order valence-corrected chi connectivity index (χ3v) is 4.33. The van der Waals surface area contributed by atoms with Crippen molar-refractivity contribution in [2.75, 3.05) is 20.2 Å². The Labute approximate surface area is 117 Å². The van der Waals surface area contributed by atoms with Crippen molar-refractivity contribution in [3.05, 3.63) is 0 Å². The van der Waals surface area contributed by atoms with Gasteiger partial charge in [-0.05, 0) is 58.9 Å². The second-order valence-corrected chi connectivity index (χ2v) is 6.28. The van der Waals surface area contributed by atoms with E-state index in [0.29, 0.717) is 19.1 Å². The Bertz CT molecular complexity index is 284. The van der Waals surface area contributed by atoms with Gasteiger partial charge in [-0.2, -0.15) is 0 Å². The van der Waals surface area contributed by atoms with E-state index in [1.165, 1.54) is 25.7 Å². The third-order valence-electron chi connectivity index (χ3n) is 4.33. The molecule has 0 spiro atoms. The number of carbonyl (C=O) groups excluding carboxylic acids is 1. The molecular formula is C15H30N2O2. The van der Waals surface area contributed by atoms with Gasteiger partial charge in [0.15, 0.2) is 0 Å². The van der Waals surface area contributed by atoms with Crippen LogP contribution in [0.15, 0.2) is 0 Å². The molecular weight excluding hydrogens is 240 g/mol. The maximum Gasteiger partial charge on any atom is 0.325 e. The molecule has 0 saturated heterocycles. The Morgan fingerprint density at radius 3 is 2.47 bits per heavy atom. The molecule has 1 saturated carbocycles. The van der Waals surface area contributed by atoms with Gasteiger partial charge in [0, 0.05) is 12.6 Å². The molecule has 19 heavy (non-hydrogen) atoms. The van der Waals surface area contributed by atoms with Crippen molar-refractivity contribution in [3.8, 4) is 0 Å². The van der Waals surface area contributed by atoms with Gasteiger partial charge in [-0.3, -0.25) is 4.79 Å². The van der Waals surface area contributed by atoms with Crippen molar-refractivity contribution in [1.82, 2.24) is 4.90 Å². The molecule has 2 N–H and O–H groups in total. The van der Waals surface area contributed by atoms with Crippen LogP contribution >= 0.6 is 0 Å². The summed E-state index contributed by atoms with van der Waals surface area (Å²) in [4.78, 5) is 14.1. The maximum absolute atomic E-state index is 11.7. The standard InChI is InChI=1S/C15H30N2O2/c1-5-19-14(18)15(3,16)10-11-17(4)13-8-6-12(2)7-9-13/h12-13H,5-11,16H2,1-4H3. The first-order valence-electron chi connectivity index (χ1n) is 7.53. The van der Waals surface area contributed by atoms with E-state index in [1.54, 1.807) is 6.92 Å². The molecule has 0 radical (unpaired) electrons. The van der Waals surface area contributed by atoms with E-state index in [-0.39, 0.29) is 5.97 Å². The van der Waals surface area contributed by atoms with Crippen LogP contribution < -0.4 is 5.73 Å². The summed E-state index contributed by atoms with van der Waals surface area (Å²) < 4.78 is 5.02. The zero-order chi connectivity index (χ0) is 14.5. The first-order chi connectivity index (χ1) is 8.86. The summed E-state index contributed by atoms with van der Waals surface area (Å²) in [6, 6.07) is 0.647. The average molecular weight is 270 g/mol. The zero-order valence-corrected chi connectivity index (χ0v) is 12.9. The van der Waals surface area contributed by atoms with Gasteiger partial charge in [-0.1, -0.05) is 6.92 Å². The van der Waals surface area contributed by atoms with Crippen LogP contribution in [0.2, 0.25) is 0 Å². The SMILES string of the molecule is CCOC(=O)C(C)(N)CCN(C)C1CCC(C)CC1. The van der Waals surface area contributed by atoms with Gasteiger partial charge in [-0.15, -0.1) is 0 Å². The molecule has 0 bridgehead atoms. The summed E-state index contributed by atoms with van der Waals surface area (Å²) in [6.07, 6.45) is 5.80. The minimum atomic E-state index is -0.869. The smallest absolute Gasteiger partial charge is 0.325 e. The van der Waals surface area contributed by atoms with Crippen LogP contribution in [0.25, 0.3) is 0 Å². The van der Waals surface area contributed by atoms with Gasteiger partial charge in [0.05, 0.1) is 6.61 Å². The van der Waals surface area contributed by atoms with Gasteiger partial charge in [0.1, 0.15) is 5.54 Å². The molecule has 1 fully saturated rings. The van der Waals surface area contributed by atoms with Crippen molar-refractivity contribution in [2.24, 2.45) is 11.7 Å². The van der Waals surface area contributed by atoms with E-state index in [2.05, 4.69) is 18.9 Å². The van der Waals surface area contributed by atoms with Gasteiger partial charge < -0.3 is 15.4 Å². The molecule has 112 valence electrons. The highest BCUT2D eigenvalue weighted by molar-refractivity contribution is 5.79. The second-order valence-electron chi connectivity index (χ2n) is 6.28. The number of hydrogen-bond donors (Lipinski definition) is 1. The molecule has 1 aliphatic rings. The van der Waals surface area contributed by atoms with E-state index in [0.717, 1.165) is 12.5 Å². The summed E-state index contributed by atoms with van der Waals surface area (Å²) in [7, 11) is 2.14. The summed E-state index contributed by atoms with van der Waals surface area (Å²) in [5, 5.41) is 0. The zero-order valence-electron chi connectivity index (χ0n) is 12.9. The summed E-state index contributed by atoms with van der Waals surface area (Å²) in [5.41, 5.74) is 5.18. The molecule has 1 aliphatic carbocycles. The molecule has 0 amide bonds. The Hall–Kier alpha value is -0.610. The lowest BCUT2D eigenvalue weighted by atomic mass is 9.86. The summed E-state index contributed by atoms with van der Waals surface area (Å²) in [6.45, 7) is 7.14. The Morgan fingerprint density at radius 1 is 1.37 bits per heavy atom. The van der Waals surface area contributed by atoms with E-state index in [1.807, 2.05) is 6.92 Å². The molecule has 4 heteroatoms. The fourth-order valence-electron chi connectivity index (χ4n) is 2.67. The van der Waals surface area contributed by atoms with E-state index >= 15 is 0 Å². The van der Waals surface area contributed by atoms with Crippen molar-refractivity contribution in [2.45, 2.75) is 64.5 Å². The summed E-state index contributed by atoms with van der Waals surface area (Å²) in [5.74, 6) is 0.574. The molecule has 1 atom stereocenters. The fraction of sp³-hybridized carbons (Fsp3) is 0.933. The number of ether oxygens (including phenoxy) is 1. The average Bonchev–Trinajstić information content (AvgIpc) is 2.37. The predicted molar refractivity (Wildman–Crippen MR) is 77.9 cm³/mol. The topological polar surface area (TPSA) is 55.6 Å². The Kier molecular flexibility index (Phi) is 6.27. The van der Waals surface area contributed by atoms with Crippen molar-refractivity contribution in [3.63, 3.8) is 0 Å². The highest BCUT2D eigenvalue weighted by atomic mass is 16.5. The molecule has 0 heterocycles. The number of esters is 1. The van der Waals surface area contributed by atoms with Crippen LogP contribution in [0.5, 0.6) is 0 Å². The summed E-state index contributed by atoms with van der Waals surface area (Å²) >= 11 is 0. The second kappa shape index (κ2) is 7.25. The normalized spacial score (nSPS) is 27.1. The first-order valence-corrected chi connectivity index (χ1v) is 7.53. The minimum Gasteiger partial charge on any atom is -0.465 e. The lowest BCUT2D eigenvalue weighted by molar-refractivity contribution is -0.149. The van der Waals surface area contributed by atoms with Crippen LogP contribution in [-0.4, -0.2) is 42.6 Å². The number of nitrogens with zero attached hydrogens (tertiary/aromatic N) is 1. The minimum absolute atomic E-state index is 0.291. The van der Waals surface area contributed by atoms with E-state index in [4.69, 9.17) is 10.5 Å². The number of hydrogen-bond acceptors (Lipinski definition) is 4. The maximum atomic E-state index is 11.7. The molecule has 1 rings (SSSR count). The van der Waals surface area contributed by atoms with Crippen molar-refractivity contribution in [1.29, 1.82) is 0 Å². The third kappa shape index (κ3) is 5.11. The predicted octanol–water partition coefficient (Wildman–Crippen LogP) is 2.17. The Balaban J connectivity index is 2.36. The van der Waals surface area contributed by atoms with Crippen LogP contribution in [-0.2, 0) is 9.53 Å². The molecule has 0 aromatic rings. The Morgan fingerprint density at radius 2 is 1.95 bits per heavy atom. The largest absolute Gasteiger partial charge is 0.465 e. The van der Waals surface area contributed by atoms with Crippen molar-refractivity contribution >= 4 is 5.97 Å². The molecule has 0 aromatic carbocycles. The lowest BCUT2D eigenvalue weighted by Gasteiger charge is -2.35. The highest BCUT2D eigenvalue weighted by Crippen LogP contribution is 2.26. The van der Waals surface area contributed by atoms with Crippen LogP contribution in [0.3, 0.4) is 0 Å². The number of nitrogens with two attached hydrogens (primary N) is 1. The lowest BCUT2D eigenvalue weighted by Crippen LogP contribution is -2.49. The number of rotatable bonds is 6. The molecule has 4 nitrogen and oxygen atoms in total. The monoisotopic (exact) mass is 270 g/mol. The highest BCUT2D eigenvalue weighted by Gasteiger charge is 2.31. The quantitative estimate of drug-likeness (QED) is 0.752. The van der Waals surface area contributed by atoms with Gasteiger partial charge in [-0.25, -0.2) is 0 Å². The van der Waals surface area contributed by atoms with Gasteiger partial charge in [0.2, 0.25) is 0 Å². The first kappa shape index (κ1) is 16.4. The van der Waals surface area contributed by atoms with E-state index < -0.39 is 5.54 Å². The van der Waals surface area contributed by atoms with Crippen LogP contribution in [0, 0.1) is 5.92 Å². The molecule has 0 aromatic heterocycles. The van der Waals surface area contributed by atoms with Crippen LogP contribution in [0.1, 0.15) is 52.9 Å². The van der Waals surface area contributed by atoms with Crippen LogP contribution in [0.4, 0.5) is 0 Å². The molecule has 0 aliphatic heterocycles. The van der Waals surface area contributed by atoms with Crippen molar-refractivity contribution < 1.29 is 9.53 Å². The molecule has 1 unspecified atom stereocenters. The van der Waals surface area contributed by atoms with Gasteiger partial charge in [0.25, 0.3) is 0 Å². The fourth-order valence-corrected chi connectivity index (χ4v) is 2.67. The van der Waals surface area contributed by atoms with E-state index in [9.17, 15) is 4.79 Å². The number of carbonyl (C=O) groups is 1. The van der Waals surface area contributed by atoms with Gasteiger partial charge >= 0.3 is 5.97 Å².